The van der Waals surface area contributed by atoms with Crippen LogP contribution in [0.15, 0.2) is 0 Å². The van der Waals surface area contributed by atoms with E-state index >= 15 is 0 Å². The van der Waals surface area contributed by atoms with E-state index in [9.17, 15) is 4.79 Å². The van der Waals surface area contributed by atoms with Crippen molar-refractivity contribution in [2.75, 3.05) is 12.4 Å². The van der Waals surface area contributed by atoms with E-state index in [1.807, 2.05) is 0 Å². The van der Waals surface area contributed by atoms with Crippen LogP contribution in [0.5, 0.6) is 0 Å². The lowest BCUT2D eigenvalue weighted by Crippen LogP contribution is -2.48. The van der Waals surface area contributed by atoms with E-state index in [4.69, 9.17) is 11.6 Å². The van der Waals surface area contributed by atoms with Crippen molar-refractivity contribution in [2.45, 2.75) is 12.8 Å². The monoisotopic (exact) mass is 147 g/mol. The van der Waals surface area contributed by atoms with E-state index < -0.39 is 0 Å². The van der Waals surface area contributed by atoms with Crippen LogP contribution in [0.4, 0.5) is 0 Å². The fourth-order valence-corrected chi connectivity index (χ4v) is 1.04. The molecule has 1 heterocycles. The van der Waals surface area contributed by atoms with Crippen LogP contribution >= 0.6 is 11.6 Å². The van der Waals surface area contributed by atoms with Gasteiger partial charge in [-0.25, -0.2) is 0 Å². The van der Waals surface area contributed by atoms with Gasteiger partial charge in [0, 0.05) is 12.4 Å². The van der Waals surface area contributed by atoms with Crippen molar-refractivity contribution in [3.63, 3.8) is 0 Å². The highest BCUT2D eigenvalue weighted by Gasteiger charge is 2.26. The maximum Gasteiger partial charge on any atom is 0.224 e. The smallest absolute Gasteiger partial charge is 0.224 e. The van der Waals surface area contributed by atoms with Crippen molar-refractivity contribution in [3.05, 3.63) is 0 Å². The Labute approximate surface area is 59.6 Å². The van der Waals surface area contributed by atoms with Crippen molar-refractivity contribution in [1.82, 2.24) is 5.32 Å². The summed E-state index contributed by atoms with van der Waals surface area (Å²) in [6.07, 6.45) is 1.91. The van der Waals surface area contributed by atoms with Gasteiger partial charge >= 0.3 is 0 Å². The van der Waals surface area contributed by atoms with Crippen molar-refractivity contribution in [3.8, 4) is 0 Å². The molecule has 0 radical (unpaired) electrons. The van der Waals surface area contributed by atoms with Crippen LogP contribution in [0.3, 0.4) is 0 Å². The molecule has 1 amide bonds. The van der Waals surface area contributed by atoms with Gasteiger partial charge in [-0.05, 0) is 12.8 Å². The van der Waals surface area contributed by atoms with Crippen molar-refractivity contribution in [1.29, 1.82) is 0 Å². The van der Waals surface area contributed by atoms with E-state index in [2.05, 4.69) is 5.32 Å². The van der Waals surface area contributed by atoms with Crippen molar-refractivity contribution in [2.24, 2.45) is 5.92 Å². The van der Waals surface area contributed by atoms with Crippen molar-refractivity contribution >= 4 is 17.5 Å². The quantitative estimate of drug-likeness (QED) is 0.463. The average molecular weight is 148 g/mol. The lowest BCUT2D eigenvalue weighted by atomic mass is 9.97. The Morgan fingerprint density at radius 3 is 2.89 bits per heavy atom. The minimum Gasteiger partial charge on any atom is -0.355 e. The van der Waals surface area contributed by atoms with Gasteiger partial charge in [0.15, 0.2) is 0 Å². The number of nitrogens with one attached hydrogen (secondary N) is 1. The van der Waals surface area contributed by atoms with Crippen LogP contribution in [0.25, 0.3) is 0 Å². The summed E-state index contributed by atoms with van der Waals surface area (Å²) in [6.45, 7) is 0.857. The number of alkyl halides is 1. The van der Waals surface area contributed by atoms with E-state index in [0.29, 0.717) is 5.88 Å². The summed E-state index contributed by atoms with van der Waals surface area (Å²) in [5.74, 6) is 1.13. The molecule has 0 spiro atoms. The highest BCUT2D eigenvalue weighted by Crippen LogP contribution is 2.12. The first-order valence-electron chi connectivity index (χ1n) is 3.18. The van der Waals surface area contributed by atoms with Crippen LogP contribution in [0, 0.1) is 5.92 Å². The molecule has 1 aliphatic rings. The molecule has 1 saturated heterocycles. The van der Waals surface area contributed by atoms with Gasteiger partial charge in [0.05, 0.1) is 5.92 Å². The molecule has 2 nitrogen and oxygen atoms in total. The van der Waals surface area contributed by atoms with Gasteiger partial charge in [-0.3, -0.25) is 4.79 Å². The molecule has 0 bridgehead atoms. The fraction of sp³-hybridized carbons (Fsp3) is 0.833. The standard InChI is InChI=1S/C6H10ClNO/c7-3-1-2-5-4-8-6(5)9/h5H,1-4H2,(H,8,9). The van der Waals surface area contributed by atoms with Crippen LogP contribution in [-0.4, -0.2) is 18.3 Å². The molecule has 52 valence electrons. The Morgan fingerprint density at radius 2 is 2.56 bits per heavy atom. The summed E-state index contributed by atoms with van der Waals surface area (Å²) in [5.41, 5.74) is 0. The molecule has 1 rings (SSSR count). The van der Waals surface area contributed by atoms with Gasteiger partial charge < -0.3 is 5.32 Å². The highest BCUT2D eigenvalue weighted by molar-refractivity contribution is 6.17. The second-order valence-corrected chi connectivity index (χ2v) is 2.65. The summed E-state index contributed by atoms with van der Waals surface area (Å²) < 4.78 is 0. The maximum atomic E-state index is 10.6. The Bertz CT molecular complexity index is 116. The number of carbonyl (C=O) groups excluding carboxylic acids is 1. The van der Waals surface area contributed by atoms with Gasteiger partial charge in [0.2, 0.25) is 5.91 Å². The molecule has 1 aliphatic heterocycles. The summed E-state index contributed by atoms with van der Waals surface area (Å²) in [7, 11) is 0. The fourth-order valence-electron chi connectivity index (χ4n) is 0.886. The molecular weight excluding hydrogens is 138 g/mol. The second kappa shape index (κ2) is 3.06. The van der Waals surface area contributed by atoms with Crippen LogP contribution in [0.1, 0.15) is 12.8 Å². The predicted octanol–water partition coefficient (Wildman–Crippen LogP) is 0.751. The minimum atomic E-state index is 0.195. The molecule has 1 atom stereocenters. The number of β-lactam (4-membered cyclic amide) rings is 1. The Kier molecular flexibility index (Phi) is 2.34. The number of hydrogen-bond donors (Lipinski definition) is 1. The SMILES string of the molecule is O=C1NCC1CCCCl. The van der Waals surface area contributed by atoms with Gasteiger partial charge in [0.25, 0.3) is 0 Å². The highest BCUT2D eigenvalue weighted by atomic mass is 35.5. The molecule has 0 aromatic carbocycles. The number of hydrogen-bond acceptors (Lipinski definition) is 1. The number of amides is 1. The second-order valence-electron chi connectivity index (χ2n) is 2.27. The van der Waals surface area contributed by atoms with Crippen LogP contribution in [-0.2, 0) is 4.79 Å². The minimum absolute atomic E-state index is 0.195. The maximum absolute atomic E-state index is 10.6. The van der Waals surface area contributed by atoms with E-state index in [1.54, 1.807) is 0 Å². The Morgan fingerprint density at radius 1 is 1.78 bits per heavy atom. The third-order valence-electron chi connectivity index (χ3n) is 1.58. The molecule has 0 aliphatic carbocycles. The number of halogens is 1. The normalized spacial score (nSPS) is 25.0. The first-order chi connectivity index (χ1) is 4.34. The van der Waals surface area contributed by atoms with E-state index in [-0.39, 0.29) is 11.8 Å². The first-order valence-corrected chi connectivity index (χ1v) is 3.71. The summed E-state index contributed by atoms with van der Waals surface area (Å²) >= 11 is 5.44. The summed E-state index contributed by atoms with van der Waals surface area (Å²) in [6, 6.07) is 0. The molecule has 0 aromatic heterocycles. The molecule has 0 saturated carbocycles. The molecule has 9 heavy (non-hydrogen) atoms. The zero-order valence-corrected chi connectivity index (χ0v) is 5.95. The summed E-state index contributed by atoms with van der Waals surface area (Å²) in [4.78, 5) is 10.6. The Hall–Kier alpha value is -0.240. The summed E-state index contributed by atoms with van der Waals surface area (Å²) in [5, 5.41) is 2.69. The topological polar surface area (TPSA) is 29.1 Å². The van der Waals surface area contributed by atoms with Gasteiger partial charge in [0.1, 0.15) is 0 Å². The first kappa shape index (κ1) is 6.87. The molecule has 1 unspecified atom stereocenters. The number of carbonyl (C=O) groups is 1. The van der Waals surface area contributed by atoms with Crippen LogP contribution < -0.4 is 5.32 Å². The third kappa shape index (κ3) is 1.58. The largest absolute Gasteiger partial charge is 0.355 e. The van der Waals surface area contributed by atoms with Gasteiger partial charge in [-0.2, -0.15) is 0 Å². The predicted molar refractivity (Wildman–Crippen MR) is 36.5 cm³/mol. The Balaban J connectivity index is 2.06. The molecule has 3 heteroatoms. The average Bonchev–Trinajstić information content (AvgIpc) is 1.86. The molecular formula is C6H10ClNO. The number of rotatable bonds is 3. The molecule has 0 aromatic rings. The third-order valence-corrected chi connectivity index (χ3v) is 1.85. The lowest BCUT2D eigenvalue weighted by Gasteiger charge is -2.25. The van der Waals surface area contributed by atoms with Crippen LogP contribution in [0.2, 0.25) is 0 Å². The van der Waals surface area contributed by atoms with Crippen molar-refractivity contribution < 1.29 is 4.79 Å². The zero-order chi connectivity index (χ0) is 6.69. The lowest BCUT2D eigenvalue weighted by molar-refractivity contribution is -0.131. The van der Waals surface area contributed by atoms with E-state index in [1.165, 1.54) is 0 Å². The van der Waals surface area contributed by atoms with Gasteiger partial charge in [-0.15, -0.1) is 11.6 Å². The van der Waals surface area contributed by atoms with E-state index in [0.717, 1.165) is 19.4 Å². The zero-order valence-electron chi connectivity index (χ0n) is 5.19. The molecule has 1 N–H and O–H groups in total. The molecule has 1 fully saturated rings. The van der Waals surface area contributed by atoms with Gasteiger partial charge in [-0.1, -0.05) is 0 Å².